The van der Waals surface area contributed by atoms with Gasteiger partial charge in [0.25, 0.3) is 0 Å². The summed E-state index contributed by atoms with van der Waals surface area (Å²) >= 11 is 1.80. The predicted molar refractivity (Wildman–Crippen MR) is 103 cm³/mol. The highest BCUT2D eigenvalue weighted by molar-refractivity contribution is 7.99. The van der Waals surface area contributed by atoms with Crippen LogP contribution in [0.15, 0.2) is 4.99 Å². The summed E-state index contributed by atoms with van der Waals surface area (Å²) in [6, 6.07) is 0.242. The first kappa shape index (κ1) is 18.8. The van der Waals surface area contributed by atoms with Crippen LogP contribution in [0.1, 0.15) is 44.9 Å². The van der Waals surface area contributed by atoms with Gasteiger partial charge in [-0.2, -0.15) is 11.8 Å². The minimum Gasteiger partial charge on any atom is -0.387 e. The standard InChI is InChI=1S/C18H32N4O2S/c1-19-17(20-12-18(24)8-10-25-13-18)21-15-7-9-22(11-15)16(23)14-5-3-2-4-6-14/h14-15,24H,2-13H2,1H3,(H2,19,20,21). The summed E-state index contributed by atoms with van der Waals surface area (Å²) < 4.78 is 0. The molecule has 2 atom stereocenters. The Labute approximate surface area is 155 Å². The van der Waals surface area contributed by atoms with Gasteiger partial charge < -0.3 is 20.6 Å². The molecule has 2 saturated heterocycles. The van der Waals surface area contributed by atoms with Gasteiger partial charge in [-0.05, 0) is 31.4 Å². The lowest BCUT2D eigenvalue weighted by atomic mass is 9.88. The van der Waals surface area contributed by atoms with Crippen LogP contribution >= 0.6 is 11.8 Å². The number of guanidine groups is 1. The molecule has 3 aliphatic rings. The molecule has 2 heterocycles. The maximum atomic E-state index is 12.7. The Morgan fingerprint density at radius 2 is 2.12 bits per heavy atom. The number of nitrogens with zero attached hydrogens (tertiary/aromatic N) is 2. The average Bonchev–Trinajstić information content (AvgIpc) is 3.28. The third-order valence-electron chi connectivity index (χ3n) is 5.69. The molecule has 0 bridgehead atoms. The molecule has 0 aromatic heterocycles. The number of thioether (sulfide) groups is 1. The summed E-state index contributed by atoms with van der Waals surface area (Å²) in [6.07, 6.45) is 7.59. The molecule has 2 unspecified atom stereocenters. The molecule has 25 heavy (non-hydrogen) atoms. The Morgan fingerprint density at radius 1 is 1.32 bits per heavy atom. The lowest BCUT2D eigenvalue weighted by Gasteiger charge is -2.27. The Morgan fingerprint density at radius 3 is 2.80 bits per heavy atom. The Hall–Kier alpha value is -0.950. The third kappa shape index (κ3) is 5.03. The van der Waals surface area contributed by atoms with Gasteiger partial charge in [-0.3, -0.25) is 9.79 Å². The number of rotatable bonds is 4. The normalized spacial score (nSPS) is 31.4. The van der Waals surface area contributed by atoms with Crippen LogP contribution in [-0.2, 0) is 4.79 Å². The van der Waals surface area contributed by atoms with Crippen LogP contribution in [0.3, 0.4) is 0 Å². The number of amides is 1. The number of hydrogen-bond acceptors (Lipinski definition) is 4. The van der Waals surface area contributed by atoms with Gasteiger partial charge >= 0.3 is 0 Å². The van der Waals surface area contributed by atoms with E-state index in [0.717, 1.165) is 56.2 Å². The molecule has 1 amide bonds. The van der Waals surface area contributed by atoms with E-state index >= 15 is 0 Å². The van der Waals surface area contributed by atoms with Crippen molar-refractivity contribution in [3.8, 4) is 0 Å². The summed E-state index contributed by atoms with van der Waals surface area (Å²) in [5, 5.41) is 17.1. The highest BCUT2D eigenvalue weighted by atomic mass is 32.2. The lowest BCUT2D eigenvalue weighted by Crippen LogP contribution is -2.50. The molecule has 2 aliphatic heterocycles. The molecule has 0 aromatic rings. The van der Waals surface area contributed by atoms with Gasteiger partial charge in [0.05, 0.1) is 5.60 Å². The van der Waals surface area contributed by atoms with Gasteiger partial charge in [0.15, 0.2) is 5.96 Å². The van der Waals surface area contributed by atoms with E-state index in [1.165, 1.54) is 19.3 Å². The zero-order valence-corrected chi connectivity index (χ0v) is 16.1. The first-order chi connectivity index (χ1) is 12.1. The minimum absolute atomic E-state index is 0.242. The van der Waals surface area contributed by atoms with Crippen LogP contribution in [0, 0.1) is 5.92 Å². The van der Waals surface area contributed by atoms with Gasteiger partial charge in [0.1, 0.15) is 0 Å². The summed E-state index contributed by atoms with van der Waals surface area (Å²) in [4.78, 5) is 19.0. The number of nitrogens with one attached hydrogen (secondary N) is 2. The molecule has 3 rings (SSSR count). The fourth-order valence-corrected chi connectivity index (χ4v) is 5.35. The van der Waals surface area contributed by atoms with Gasteiger partial charge in [0.2, 0.25) is 5.91 Å². The summed E-state index contributed by atoms with van der Waals surface area (Å²) in [5.74, 6) is 3.13. The van der Waals surface area contributed by atoms with E-state index in [1.807, 2.05) is 4.90 Å². The van der Waals surface area contributed by atoms with Crippen LogP contribution in [0.2, 0.25) is 0 Å². The van der Waals surface area contributed by atoms with Crippen molar-refractivity contribution >= 4 is 23.6 Å². The first-order valence-corrected chi connectivity index (χ1v) is 10.8. The van der Waals surface area contributed by atoms with E-state index in [4.69, 9.17) is 0 Å². The summed E-state index contributed by atoms with van der Waals surface area (Å²) in [6.45, 7) is 2.12. The molecule has 3 N–H and O–H groups in total. The minimum atomic E-state index is -0.624. The third-order valence-corrected chi connectivity index (χ3v) is 6.92. The summed E-state index contributed by atoms with van der Waals surface area (Å²) in [5.41, 5.74) is -0.624. The fraction of sp³-hybridized carbons (Fsp3) is 0.889. The molecule has 1 saturated carbocycles. The fourth-order valence-electron chi connectivity index (χ4n) is 4.06. The van der Waals surface area contributed by atoms with Crippen molar-refractivity contribution in [2.75, 3.05) is 38.2 Å². The Bertz CT molecular complexity index is 487. The molecular weight excluding hydrogens is 336 g/mol. The van der Waals surface area contributed by atoms with Crippen molar-refractivity contribution < 1.29 is 9.90 Å². The molecule has 3 fully saturated rings. The molecule has 0 aromatic carbocycles. The van der Waals surface area contributed by atoms with Crippen LogP contribution in [0.4, 0.5) is 0 Å². The number of carbonyl (C=O) groups is 1. The van der Waals surface area contributed by atoms with Crippen LogP contribution in [0.5, 0.6) is 0 Å². The molecule has 6 nitrogen and oxygen atoms in total. The molecule has 0 spiro atoms. The molecule has 142 valence electrons. The largest absolute Gasteiger partial charge is 0.387 e. The van der Waals surface area contributed by atoms with E-state index in [0.29, 0.717) is 12.5 Å². The predicted octanol–water partition coefficient (Wildman–Crippen LogP) is 1.20. The van der Waals surface area contributed by atoms with Crippen LogP contribution in [0.25, 0.3) is 0 Å². The number of hydrogen-bond donors (Lipinski definition) is 3. The zero-order chi connectivity index (χ0) is 17.7. The van der Waals surface area contributed by atoms with Crippen molar-refractivity contribution in [3.05, 3.63) is 0 Å². The van der Waals surface area contributed by atoms with E-state index < -0.39 is 5.60 Å². The molecular formula is C18H32N4O2S. The number of aliphatic hydroxyl groups is 1. The number of carbonyl (C=O) groups excluding carboxylic acids is 1. The van der Waals surface area contributed by atoms with Crippen molar-refractivity contribution in [3.63, 3.8) is 0 Å². The van der Waals surface area contributed by atoms with Crippen molar-refractivity contribution in [2.45, 2.75) is 56.6 Å². The summed E-state index contributed by atoms with van der Waals surface area (Å²) in [7, 11) is 1.75. The molecule has 7 heteroatoms. The van der Waals surface area contributed by atoms with Gasteiger partial charge in [-0.1, -0.05) is 19.3 Å². The smallest absolute Gasteiger partial charge is 0.225 e. The average molecular weight is 369 g/mol. The quantitative estimate of drug-likeness (QED) is 0.513. The first-order valence-electron chi connectivity index (χ1n) is 9.66. The second kappa shape index (κ2) is 8.62. The van der Waals surface area contributed by atoms with Gasteiger partial charge in [0, 0.05) is 44.4 Å². The number of aliphatic imine (C=N–C) groups is 1. The van der Waals surface area contributed by atoms with E-state index in [1.54, 1.807) is 18.8 Å². The van der Waals surface area contributed by atoms with Crippen molar-refractivity contribution in [1.82, 2.24) is 15.5 Å². The van der Waals surface area contributed by atoms with E-state index in [2.05, 4.69) is 15.6 Å². The van der Waals surface area contributed by atoms with Gasteiger partial charge in [-0.15, -0.1) is 0 Å². The topological polar surface area (TPSA) is 77.0 Å². The second-order valence-corrected chi connectivity index (χ2v) is 8.81. The highest BCUT2D eigenvalue weighted by Crippen LogP contribution is 2.27. The molecule has 1 aliphatic carbocycles. The Balaban J connectivity index is 1.44. The second-order valence-electron chi connectivity index (χ2n) is 7.70. The SMILES string of the molecule is CN=C(NCC1(O)CCSC1)NC1CCN(C(=O)C2CCCCC2)C1. The van der Waals surface area contributed by atoms with Crippen LogP contribution in [-0.4, -0.2) is 71.7 Å². The van der Waals surface area contributed by atoms with Crippen molar-refractivity contribution in [1.29, 1.82) is 0 Å². The van der Waals surface area contributed by atoms with Crippen molar-refractivity contribution in [2.24, 2.45) is 10.9 Å². The number of likely N-dealkylation sites (tertiary alicyclic amines) is 1. The highest BCUT2D eigenvalue weighted by Gasteiger charge is 2.33. The van der Waals surface area contributed by atoms with Gasteiger partial charge in [-0.25, -0.2) is 0 Å². The maximum absolute atomic E-state index is 12.7. The molecule has 0 radical (unpaired) electrons. The van der Waals surface area contributed by atoms with E-state index in [-0.39, 0.29) is 12.0 Å². The maximum Gasteiger partial charge on any atom is 0.225 e. The van der Waals surface area contributed by atoms with E-state index in [9.17, 15) is 9.90 Å². The van der Waals surface area contributed by atoms with Crippen LogP contribution < -0.4 is 10.6 Å². The lowest BCUT2D eigenvalue weighted by molar-refractivity contribution is -0.135. The Kier molecular flexibility index (Phi) is 6.49. The zero-order valence-electron chi connectivity index (χ0n) is 15.3. The monoisotopic (exact) mass is 368 g/mol.